The lowest BCUT2D eigenvalue weighted by Crippen LogP contribution is -2.43. The lowest BCUT2D eigenvalue weighted by molar-refractivity contribution is -0.225. The molecule has 0 spiro atoms. The van der Waals surface area contributed by atoms with Crippen LogP contribution in [0.5, 0.6) is 0 Å². The maximum Gasteiger partial charge on any atom is 0.229 e. The Bertz CT molecular complexity index is 490. The summed E-state index contributed by atoms with van der Waals surface area (Å²) >= 11 is 7.18. The Kier molecular flexibility index (Phi) is 4.26. The molecule has 0 aromatic carbocycles. The number of nitrogens with zero attached hydrogens (tertiary/aromatic N) is 1. The van der Waals surface area contributed by atoms with Crippen molar-refractivity contribution in [3.63, 3.8) is 0 Å². The molecule has 0 N–H and O–H groups in total. The fraction of sp³-hybridized carbons (Fsp3) is 0.462. The molecule has 1 aliphatic rings. The number of alkyl halides is 1. The highest BCUT2D eigenvalue weighted by molar-refractivity contribution is 9.15. The first kappa shape index (κ1) is 14.2. The molecule has 2 rings (SSSR count). The predicted molar refractivity (Wildman–Crippen MR) is 78.9 cm³/mol. The summed E-state index contributed by atoms with van der Waals surface area (Å²) < 4.78 is 12.5. The number of rotatable bonds is 3. The van der Waals surface area contributed by atoms with Crippen LogP contribution in [-0.2, 0) is 15.3 Å². The van der Waals surface area contributed by atoms with E-state index in [4.69, 9.17) is 9.47 Å². The number of pyridine rings is 1. The second-order valence-electron chi connectivity index (χ2n) is 4.07. The molecule has 1 aromatic rings. The number of ether oxygens (including phenoxy) is 2. The lowest BCUT2D eigenvalue weighted by Gasteiger charge is -2.38. The quantitative estimate of drug-likeness (QED) is 0.594. The van der Waals surface area contributed by atoms with E-state index in [1.165, 1.54) is 0 Å². The zero-order valence-corrected chi connectivity index (χ0v) is 13.7. The number of halogens is 2. The number of hydrogen-bond donors (Lipinski definition) is 0. The van der Waals surface area contributed by atoms with Crippen molar-refractivity contribution in [2.75, 3.05) is 13.7 Å². The molecule has 1 heterocycles. The molecule has 0 bridgehead atoms. The van der Waals surface area contributed by atoms with E-state index in [-0.39, 0.29) is 4.83 Å². The van der Waals surface area contributed by atoms with Crippen molar-refractivity contribution in [1.29, 1.82) is 0 Å². The molecular weight excluding hydrogens is 362 g/mol. The average Bonchev–Trinajstić information content (AvgIpc) is 2.34. The van der Waals surface area contributed by atoms with E-state index in [1.54, 1.807) is 7.11 Å². The molecule has 98 valence electrons. The number of aromatic nitrogens is 1. The van der Waals surface area contributed by atoms with Crippen molar-refractivity contribution in [1.82, 2.24) is 4.98 Å². The van der Waals surface area contributed by atoms with Gasteiger partial charge in [-0.3, -0.25) is 4.98 Å². The van der Waals surface area contributed by atoms with Crippen LogP contribution in [0.25, 0.3) is 4.48 Å². The van der Waals surface area contributed by atoms with Crippen LogP contribution < -0.4 is 0 Å². The topological polar surface area (TPSA) is 31.4 Å². The summed E-state index contributed by atoms with van der Waals surface area (Å²) in [7, 11) is 1.64. The van der Waals surface area contributed by atoms with Crippen LogP contribution in [0.2, 0.25) is 0 Å². The van der Waals surface area contributed by atoms with Gasteiger partial charge in [-0.05, 0) is 19.9 Å². The van der Waals surface area contributed by atoms with Gasteiger partial charge in [0.05, 0.1) is 4.83 Å². The number of aryl methyl sites for hydroxylation is 1. The van der Waals surface area contributed by atoms with Crippen molar-refractivity contribution >= 4 is 36.3 Å². The van der Waals surface area contributed by atoms with E-state index in [9.17, 15) is 0 Å². The van der Waals surface area contributed by atoms with Gasteiger partial charge in [0.1, 0.15) is 5.69 Å². The van der Waals surface area contributed by atoms with Gasteiger partial charge in [-0.25, -0.2) is 0 Å². The number of hydrogen-bond acceptors (Lipinski definition) is 3. The van der Waals surface area contributed by atoms with Crippen LogP contribution in [0.4, 0.5) is 0 Å². The van der Waals surface area contributed by atoms with Gasteiger partial charge in [-0.15, -0.1) is 0 Å². The first-order valence-corrected chi connectivity index (χ1v) is 7.45. The fourth-order valence-corrected chi connectivity index (χ4v) is 3.84. The molecule has 18 heavy (non-hydrogen) atoms. The summed E-state index contributed by atoms with van der Waals surface area (Å²) in [5, 5.41) is 0. The molecule has 0 radical (unpaired) electrons. The SMILES string of the molecule is CCO[C@]1(OC)c2nc(C)ccc2C(Br)=C[C@@H]1Br. The maximum absolute atomic E-state index is 5.86. The summed E-state index contributed by atoms with van der Waals surface area (Å²) in [4.78, 5) is 4.52. The Morgan fingerprint density at radius 1 is 1.44 bits per heavy atom. The monoisotopic (exact) mass is 375 g/mol. The van der Waals surface area contributed by atoms with E-state index >= 15 is 0 Å². The standard InChI is InChI=1S/C13H15Br2NO2/c1-4-18-13(17-3)11(15)7-10(14)9-6-5-8(2)16-12(9)13/h5-7,11H,4H2,1-3H3/t11-,13-/m0/s1. The van der Waals surface area contributed by atoms with Gasteiger partial charge in [0.25, 0.3) is 0 Å². The second-order valence-corrected chi connectivity index (χ2v) is 5.91. The van der Waals surface area contributed by atoms with E-state index in [0.29, 0.717) is 6.61 Å². The molecule has 1 aliphatic carbocycles. The van der Waals surface area contributed by atoms with Crippen molar-refractivity contribution in [3.8, 4) is 0 Å². The Morgan fingerprint density at radius 3 is 2.78 bits per heavy atom. The van der Waals surface area contributed by atoms with Crippen molar-refractivity contribution < 1.29 is 9.47 Å². The zero-order chi connectivity index (χ0) is 13.3. The molecular formula is C13H15Br2NO2. The van der Waals surface area contributed by atoms with Gasteiger partial charge in [0.2, 0.25) is 5.79 Å². The van der Waals surface area contributed by atoms with Gasteiger partial charge in [0.15, 0.2) is 0 Å². The maximum atomic E-state index is 5.86. The highest BCUT2D eigenvalue weighted by Gasteiger charge is 2.46. The van der Waals surface area contributed by atoms with Gasteiger partial charge >= 0.3 is 0 Å². The van der Waals surface area contributed by atoms with Gasteiger partial charge in [-0.2, -0.15) is 0 Å². The molecule has 0 amide bonds. The van der Waals surface area contributed by atoms with E-state index in [0.717, 1.165) is 21.4 Å². The molecule has 0 saturated carbocycles. The van der Waals surface area contributed by atoms with Crippen LogP contribution >= 0.6 is 31.9 Å². The second kappa shape index (κ2) is 5.41. The highest BCUT2D eigenvalue weighted by Crippen LogP contribution is 2.44. The van der Waals surface area contributed by atoms with E-state index in [2.05, 4.69) is 36.8 Å². The van der Waals surface area contributed by atoms with Crippen molar-refractivity contribution in [3.05, 3.63) is 35.2 Å². The minimum absolute atomic E-state index is 0.0916. The number of fused-ring (bicyclic) bond motifs is 1. The van der Waals surface area contributed by atoms with Crippen LogP contribution in [0.3, 0.4) is 0 Å². The van der Waals surface area contributed by atoms with Gasteiger partial charge in [-0.1, -0.05) is 44.0 Å². The lowest BCUT2D eigenvalue weighted by atomic mass is 9.96. The molecule has 0 unspecified atom stereocenters. The van der Waals surface area contributed by atoms with Gasteiger partial charge in [0, 0.05) is 29.5 Å². The summed E-state index contributed by atoms with van der Waals surface area (Å²) in [6.45, 7) is 4.46. The summed E-state index contributed by atoms with van der Waals surface area (Å²) in [6.07, 6.45) is 2.03. The molecule has 0 aliphatic heterocycles. The zero-order valence-electron chi connectivity index (χ0n) is 10.5. The summed E-state index contributed by atoms with van der Waals surface area (Å²) in [5.74, 6) is -0.868. The molecule has 0 saturated heterocycles. The van der Waals surface area contributed by atoms with Gasteiger partial charge < -0.3 is 9.47 Å². The Balaban J connectivity index is 2.66. The molecule has 2 atom stereocenters. The third-order valence-corrected chi connectivity index (χ3v) is 4.50. The summed E-state index contributed by atoms with van der Waals surface area (Å²) in [6, 6.07) is 4.01. The van der Waals surface area contributed by atoms with Crippen LogP contribution in [0.15, 0.2) is 18.2 Å². The minimum atomic E-state index is -0.868. The minimum Gasteiger partial charge on any atom is -0.347 e. The first-order valence-electron chi connectivity index (χ1n) is 5.74. The number of methoxy groups -OCH3 is 1. The van der Waals surface area contributed by atoms with Crippen molar-refractivity contribution in [2.45, 2.75) is 24.5 Å². The van der Waals surface area contributed by atoms with Crippen LogP contribution in [0.1, 0.15) is 23.9 Å². The van der Waals surface area contributed by atoms with Crippen molar-refractivity contribution in [2.24, 2.45) is 0 Å². The largest absolute Gasteiger partial charge is 0.347 e. The Morgan fingerprint density at radius 2 is 2.17 bits per heavy atom. The van der Waals surface area contributed by atoms with E-state index < -0.39 is 5.79 Å². The molecule has 0 fully saturated rings. The first-order chi connectivity index (χ1) is 8.55. The van der Waals surface area contributed by atoms with Crippen LogP contribution in [-0.4, -0.2) is 23.5 Å². The highest BCUT2D eigenvalue weighted by atomic mass is 79.9. The normalized spacial score (nSPS) is 26.7. The fourth-order valence-electron chi connectivity index (χ4n) is 2.10. The Labute approximate surface area is 124 Å². The van der Waals surface area contributed by atoms with E-state index in [1.807, 2.05) is 32.1 Å². The predicted octanol–water partition coefficient (Wildman–Crippen LogP) is 3.74. The smallest absolute Gasteiger partial charge is 0.229 e. The average molecular weight is 377 g/mol. The summed E-state index contributed by atoms with van der Waals surface area (Å²) in [5.41, 5.74) is 2.76. The third-order valence-electron chi connectivity index (χ3n) is 2.94. The third kappa shape index (κ3) is 2.18. The van der Waals surface area contributed by atoms with Crippen LogP contribution in [0, 0.1) is 6.92 Å². The molecule has 5 heteroatoms. The molecule has 1 aromatic heterocycles. The molecule has 3 nitrogen and oxygen atoms in total. The Hall–Kier alpha value is -0.230.